The monoisotopic (exact) mass is 1030 g/mol. The fraction of sp³-hybridized carbons (Fsp3) is 0.657. The van der Waals surface area contributed by atoms with Crippen molar-refractivity contribution in [3.63, 3.8) is 0 Å². The summed E-state index contributed by atoms with van der Waals surface area (Å²) in [5, 5.41) is 36.4. The second kappa shape index (κ2) is 20.5. The van der Waals surface area contributed by atoms with Gasteiger partial charge in [0.25, 0.3) is 11.8 Å². The number of aliphatic hydroxyl groups excluding tert-OH is 2. The van der Waals surface area contributed by atoms with Crippen molar-refractivity contribution in [1.29, 1.82) is 0 Å². The number of phenols is 1. The molecule has 1 aliphatic heterocycles. The van der Waals surface area contributed by atoms with Gasteiger partial charge in [-0.25, -0.2) is 4.79 Å². The minimum Gasteiger partial charge on any atom is -0.507 e. The molecule has 1 aliphatic rings. The molecule has 0 radical (unpaired) electrons. The molecule has 0 aromatic heterocycles. The molecular formula is C35H40F17N7O9. The topological polar surface area (TPSA) is 282 Å². The molecule has 6 atom stereocenters. The minimum absolute atomic E-state index is 0.0238. The number of amides is 4. The van der Waals surface area contributed by atoms with Gasteiger partial charge in [0.2, 0.25) is 11.8 Å². The number of esters is 1. The number of carbonyl (C=O) groups excluding carboxylic acids is 5. The van der Waals surface area contributed by atoms with Crippen molar-refractivity contribution in [2.75, 3.05) is 6.54 Å². The van der Waals surface area contributed by atoms with Gasteiger partial charge in [-0.2, -0.15) is 74.6 Å². The van der Waals surface area contributed by atoms with Gasteiger partial charge in [0.15, 0.2) is 12.1 Å². The van der Waals surface area contributed by atoms with Gasteiger partial charge < -0.3 is 53.2 Å². The Hall–Kier alpha value is -5.63. The van der Waals surface area contributed by atoms with Crippen LogP contribution in [-0.2, 0) is 30.3 Å². The van der Waals surface area contributed by atoms with E-state index in [1.807, 2.05) is 0 Å². The Labute approximate surface area is 370 Å². The molecule has 0 bridgehead atoms. The van der Waals surface area contributed by atoms with Crippen LogP contribution in [0.4, 0.5) is 74.6 Å². The molecule has 1 aromatic carbocycles. The first-order valence-electron chi connectivity index (χ1n) is 18.9. The molecule has 0 spiro atoms. The van der Waals surface area contributed by atoms with Crippen molar-refractivity contribution in [2.24, 2.45) is 28.1 Å². The molecule has 0 unspecified atom stereocenters. The van der Waals surface area contributed by atoms with Crippen LogP contribution in [0.15, 0.2) is 23.2 Å². The van der Waals surface area contributed by atoms with Crippen molar-refractivity contribution >= 4 is 35.6 Å². The standard InChI is InChI=1S/C35H40F17N7O9/c1-12(2)9-15(18-10-13-5-3-7-17(60)20(13)25(66)68-18)58-24(65)22(63)21(62)14(6-4-8-56-27(54)55)57-23(64)16(11-19(53)61)59-26(67)28(36,37)29(38,39)30(40,41)31(42,43)32(44,45)33(46,47)34(48,49)35(50,51)52/h3,5,7,12,14-16,18,21-22,60,62-63H,4,6,8-11H2,1-2H3,(H2,53,61)(H,57,64)(H,58,65)(H,59,67)(H4,54,55,56)/t14-,15-,16+,18-,21-,22-/m0/s1. The lowest BCUT2D eigenvalue weighted by Crippen LogP contribution is -2.75. The number of carbonyl (C=O) groups is 5. The third-order valence-electron chi connectivity index (χ3n) is 9.85. The van der Waals surface area contributed by atoms with E-state index in [0.717, 1.165) is 0 Å². The van der Waals surface area contributed by atoms with Crippen LogP contribution < -0.4 is 33.2 Å². The van der Waals surface area contributed by atoms with Gasteiger partial charge >= 0.3 is 53.6 Å². The van der Waals surface area contributed by atoms with E-state index in [4.69, 9.17) is 21.9 Å². The lowest BCUT2D eigenvalue weighted by molar-refractivity contribution is -0.459. The Balaban J connectivity index is 2.50. The Morgan fingerprint density at radius 3 is 1.76 bits per heavy atom. The summed E-state index contributed by atoms with van der Waals surface area (Å²) < 4.78 is 240. The molecule has 2 rings (SSSR count). The summed E-state index contributed by atoms with van der Waals surface area (Å²) in [5.41, 5.74) is 15.2. The third kappa shape index (κ3) is 11.4. The number of nitrogens with two attached hydrogens (primary N) is 3. The molecule has 388 valence electrons. The highest BCUT2D eigenvalue weighted by Crippen LogP contribution is 2.64. The van der Waals surface area contributed by atoms with E-state index in [-0.39, 0.29) is 29.9 Å². The summed E-state index contributed by atoms with van der Waals surface area (Å²) in [6, 6.07) is -2.65. The summed E-state index contributed by atoms with van der Waals surface area (Å²) in [6.45, 7) is 2.81. The summed E-state index contributed by atoms with van der Waals surface area (Å²) >= 11 is 0. The number of alkyl halides is 17. The zero-order valence-electron chi connectivity index (χ0n) is 34.4. The first-order chi connectivity index (χ1) is 30.6. The van der Waals surface area contributed by atoms with Crippen molar-refractivity contribution < 1.29 is 119 Å². The number of halogens is 17. The number of primary amides is 1. The molecule has 33 heteroatoms. The number of hydrogen-bond acceptors (Lipinski definition) is 10. The van der Waals surface area contributed by atoms with Crippen LogP contribution in [0.3, 0.4) is 0 Å². The van der Waals surface area contributed by atoms with Crippen LogP contribution in [-0.4, -0.2) is 141 Å². The molecular weight excluding hydrogens is 985 g/mol. The van der Waals surface area contributed by atoms with E-state index in [1.165, 1.54) is 18.2 Å². The van der Waals surface area contributed by atoms with Gasteiger partial charge in [-0.05, 0) is 36.8 Å². The van der Waals surface area contributed by atoms with E-state index >= 15 is 0 Å². The molecule has 0 fully saturated rings. The number of nitrogens with zero attached hydrogens (tertiary/aromatic N) is 1. The maximum Gasteiger partial charge on any atom is 0.460 e. The summed E-state index contributed by atoms with van der Waals surface area (Å²) in [7, 11) is 0. The zero-order chi connectivity index (χ0) is 53.1. The molecule has 1 heterocycles. The van der Waals surface area contributed by atoms with E-state index in [0.29, 0.717) is 5.32 Å². The predicted octanol–water partition coefficient (Wildman–Crippen LogP) is 2.63. The number of guanidine groups is 1. The Kier molecular flexibility index (Phi) is 17.7. The number of cyclic esters (lactones) is 1. The van der Waals surface area contributed by atoms with E-state index < -0.39 is 151 Å². The molecule has 0 saturated carbocycles. The highest BCUT2D eigenvalue weighted by atomic mass is 19.4. The van der Waals surface area contributed by atoms with E-state index in [2.05, 4.69) is 10.3 Å². The molecule has 12 N–H and O–H groups in total. The highest BCUT2D eigenvalue weighted by Gasteiger charge is 2.95. The molecule has 16 nitrogen and oxygen atoms in total. The predicted molar refractivity (Wildman–Crippen MR) is 193 cm³/mol. The first kappa shape index (κ1) is 58.5. The molecule has 0 saturated heterocycles. The van der Waals surface area contributed by atoms with E-state index in [1.54, 1.807) is 19.2 Å². The normalized spacial score (nSPS) is 17.7. The van der Waals surface area contributed by atoms with Crippen LogP contribution in [0.1, 0.15) is 55.5 Å². The summed E-state index contributed by atoms with van der Waals surface area (Å²) in [5.74, 6) is -72.7. The molecule has 0 aliphatic carbocycles. The number of benzene rings is 1. The number of aliphatic imine (C=N–C) groups is 1. The average molecular weight is 1030 g/mol. The number of nitrogens with one attached hydrogen (secondary N) is 3. The van der Waals surface area contributed by atoms with E-state index in [9.17, 15) is 114 Å². The number of phenolic OH excluding ortho intramolecular Hbond substituents is 1. The van der Waals surface area contributed by atoms with Crippen LogP contribution in [0.5, 0.6) is 5.75 Å². The van der Waals surface area contributed by atoms with Crippen LogP contribution in [0.25, 0.3) is 0 Å². The van der Waals surface area contributed by atoms with Crippen LogP contribution in [0.2, 0.25) is 0 Å². The SMILES string of the molecule is CC(C)C[C@H](NC(=O)[C@@H](O)[C@@H](O)[C@H](CCCN=C(N)N)NC(=O)[C@@H](CC(N)=O)NC(=O)C(F)(F)C(F)(F)C(F)(F)C(F)(F)C(F)(F)C(F)(F)C(F)(F)C(F)(F)F)[C@@H]1Cc2cccc(O)c2C(=O)O1. The Morgan fingerprint density at radius 1 is 0.765 bits per heavy atom. The fourth-order valence-corrected chi connectivity index (χ4v) is 6.22. The average Bonchev–Trinajstić information content (AvgIpc) is 3.19. The van der Waals surface area contributed by atoms with Crippen LogP contribution in [0, 0.1) is 5.92 Å². The number of aromatic hydroxyl groups is 1. The molecule has 4 amide bonds. The van der Waals surface area contributed by atoms with Gasteiger partial charge in [-0.3, -0.25) is 24.2 Å². The van der Waals surface area contributed by atoms with Gasteiger partial charge in [-0.1, -0.05) is 26.0 Å². The van der Waals surface area contributed by atoms with Gasteiger partial charge in [0.1, 0.15) is 29.6 Å². The van der Waals surface area contributed by atoms with Crippen molar-refractivity contribution in [1.82, 2.24) is 16.0 Å². The Morgan fingerprint density at radius 2 is 1.28 bits per heavy atom. The Bertz CT molecular complexity index is 2060. The smallest absolute Gasteiger partial charge is 0.460 e. The number of hydrogen-bond donors (Lipinski definition) is 9. The fourth-order valence-electron chi connectivity index (χ4n) is 6.22. The quantitative estimate of drug-likeness (QED) is 0.0253. The largest absolute Gasteiger partial charge is 0.507 e. The maximum absolute atomic E-state index is 14.8. The number of aliphatic hydroxyl groups is 2. The second-order valence-electron chi connectivity index (χ2n) is 15.4. The van der Waals surface area contributed by atoms with Gasteiger partial charge in [0, 0.05) is 13.0 Å². The van der Waals surface area contributed by atoms with Gasteiger partial charge in [0.05, 0.1) is 18.5 Å². The molecule has 1 aromatic rings. The van der Waals surface area contributed by atoms with Crippen molar-refractivity contribution in [3.8, 4) is 5.75 Å². The lowest BCUT2D eigenvalue weighted by atomic mass is 9.88. The summed E-state index contributed by atoms with van der Waals surface area (Å²) in [6.07, 6.45) is -17.8. The first-order valence-corrected chi connectivity index (χ1v) is 18.9. The second-order valence-corrected chi connectivity index (χ2v) is 15.4. The van der Waals surface area contributed by atoms with Crippen molar-refractivity contribution in [2.45, 2.75) is 130 Å². The third-order valence-corrected chi connectivity index (χ3v) is 9.85. The van der Waals surface area contributed by atoms with Crippen molar-refractivity contribution in [3.05, 3.63) is 29.3 Å². The van der Waals surface area contributed by atoms with Gasteiger partial charge in [-0.15, -0.1) is 0 Å². The molecule has 68 heavy (non-hydrogen) atoms. The lowest BCUT2D eigenvalue weighted by Gasteiger charge is -2.42. The highest BCUT2D eigenvalue weighted by molar-refractivity contribution is 5.95. The number of rotatable bonds is 23. The number of ether oxygens (including phenoxy) is 1. The summed E-state index contributed by atoms with van der Waals surface area (Å²) in [4.78, 5) is 67.0. The maximum atomic E-state index is 14.8. The van der Waals surface area contributed by atoms with Crippen LogP contribution >= 0.6 is 0 Å². The zero-order valence-corrected chi connectivity index (χ0v) is 34.4. The minimum atomic E-state index is -9.05. The number of fused-ring (bicyclic) bond motifs is 1.